The molecule has 0 bridgehead atoms. The summed E-state index contributed by atoms with van der Waals surface area (Å²) in [6.45, 7) is 0.240. The van der Waals surface area contributed by atoms with Crippen molar-refractivity contribution >= 4 is 5.69 Å². The number of aliphatic hydroxyl groups is 1. The van der Waals surface area contributed by atoms with Crippen LogP contribution >= 0.6 is 0 Å². The fourth-order valence-electron chi connectivity index (χ4n) is 2.30. The van der Waals surface area contributed by atoms with E-state index in [1.807, 2.05) is 24.1 Å². The van der Waals surface area contributed by atoms with Gasteiger partial charge in [-0.2, -0.15) is 0 Å². The van der Waals surface area contributed by atoms with Gasteiger partial charge in [-0.05, 0) is 18.2 Å². The molecule has 0 saturated carbocycles. The summed E-state index contributed by atoms with van der Waals surface area (Å²) in [5, 5.41) is 10.3. The first kappa shape index (κ1) is 16.1. The second-order valence-electron chi connectivity index (χ2n) is 4.96. The van der Waals surface area contributed by atoms with E-state index in [0.717, 1.165) is 5.69 Å². The molecule has 2 aromatic carbocycles. The average Bonchev–Trinajstić information content (AvgIpc) is 2.54. The molecule has 4 nitrogen and oxygen atoms in total. The summed E-state index contributed by atoms with van der Waals surface area (Å²) < 4.78 is 24.2. The molecular formula is C17H20FNO3. The molecular weight excluding hydrogens is 285 g/mol. The van der Waals surface area contributed by atoms with E-state index < -0.39 is 11.9 Å². The van der Waals surface area contributed by atoms with E-state index in [1.165, 1.54) is 6.07 Å². The van der Waals surface area contributed by atoms with Crippen molar-refractivity contribution in [2.45, 2.75) is 6.10 Å². The normalized spacial score (nSPS) is 11.9. The Hall–Kier alpha value is -2.27. The number of ether oxygens (including phenoxy) is 2. The lowest BCUT2D eigenvalue weighted by molar-refractivity contribution is 0.180. The van der Waals surface area contributed by atoms with Crippen LogP contribution in [0.5, 0.6) is 11.5 Å². The molecule has 1 N–H and O–H groups in total. The third-order valence-corrected chi connectivity index (χ3v) is 3.51. The molecule has 0 spiro atoms. The maximum absolute atomic E-state index is 13.7. The van der Waals surface area contributed by atoms with Crippen molar-refractivity contribution in [3.05, 3.63) is 53.8 Å². The van der Waals surface area contributed by atoms with E-state index >= 15 is 0 Å². The lowest BCUT2D eigenvalue weighted by Crippen LogP contribution is -2.25. The summed E-state index contributed by atoms with van der Waals surface area (Å²) in [6.07, 6.45) is -0.932. The number of rotatable bonds is 6. The largest absolute Gasteiger partial charge is 0.497 e. The number of benzene rings is 2. The molecule has 1 unspecified atom stereocenters. The predicted octanol–water partition coefficient (Wildman–Crippen LogP) is 3.01. The molecule has 2 rings (SSSR count). The average molecular weight is 305 g/mol. The van der Waals surface area contributed by atoms with Crippen LogP contribution in [0.25, 0.3) is 0 Å². The summed E-state index contributed by atoms with van der Waals surface area (Å²) in [4.78, 5) is 1.81. The lowest BCUT2D eigenvalue weighted by Gasteiger charge is -2.25. The number of halogens is 1. The number of nitrogens with zero attached hydrogens (tertiary/aromatic N) is 1. The Labute approximate surface area is 129 Å². The topological polar surface area (TPSA) is 41.9 Å². The van der Waals surface area contributed by atoms with Crippen molar-refractivity contribution in [1.29, 1.82) is 0 Å². The Morgan fingerprint density at radius 2 is 1.86 bits per heavy atom. The maximum Gasteiger partial charge on any atom is 0.145 e. The number of anilines is 1. The summed E-state index contributed by atoms with van der Waals surface area (Å²) in [6, 6.07) is 11.6. The molecule has 0 aliphatic heterocycles. The lowest BCUT2D eigenvalue weighted by atomic mass is 10.1. The van der Waals surface area contributed by atoms with Gasteiger partial charge in [0.1, 0.15) is 17.3 Å². The summed E-state index contributed by atoms with van der Waals surface area (Å²) in [5.74, 6) is 0.899. The van der Waals surface area contributed by atoms with Crippen LogP contribution in [0.2, 0.25) is 0 Å². The van der Waals surface area contributed by atoms with Crippen LogP contribution in [0.15, 0.2) is 42.5 Å². The molecule has 0 radical (unpaired) electrons. The molecule has 0 aliphatic carbocycles. The Balaban J connectivity index is 2.18. The minimum Gasteiger partial charge on any atom is -0.497 e. The Kier molecular flexibility index (Phi) is 5.22. The van der Waals surface area contributed by atoms with Crippen molar-refractivity contribution in [3.63, 3.8) is 0 Å². The first-order valence-corrected chi connectivity index (χ1v) is 6.92. The highest BCUT2D eigenvalue weighted by Crippen LogP contribution is 2.32. The zero-order valence-electron chi connectivity index (χ0n) is 12.9. The van der Waals surface area contributed by atoms with Gasteiger partial charge in [-0.1, -0.05) is 18.2 Å². The predicted molar refractivity (Wildman–Crippen MR) is 84.2 cm³/mol. The quantitative estimate of drug-likeness (QED) is 0.891. The van der Waals surface area contributed by atoms with Crippen LogP contribution in [-0.2, 0) is 0 Å². The van der Waals surface area contributed by atoms with Crippen LogP contribution in [0.3, 0.4) is 0 Å². The van der Waals surface area contributed by atoms with Crippen LogP contribution in [0.1, 0.15) is 11.7 Å². The Bertz CT molecular complexity index is 633. The fourth-order valence-corrected chi connectivity index (χ4v) is 2.30. The highest BCUT2D eigenvalue weighted by Gasteiger charge is 2.17. The van der Waals surface area contributed by atoms with Gasteiger partial charge in [0.05, 0.1) is 26.0 Å². The third kappa shape index (κ3) is 3.49. The number of aliphatic hydroxyl groups excluding tert-OH is 1. The molecule has 0 aliphatic rings. The van der Waals surface area contributed by atoms with E-state index in [-0.39, 0.29) is 12.1 Å². The molecule has 5 heteroatoms. The molecule has 0 amide bonds. The number of hydrogen-bond acceptors (Lipinski definition) is 4. The number of methoxy groups -OCH3 is 2. The van der Waals surface area contributed by atoms with Gasteiger partial charge in [0.25, 0.3) is 0 Å². The summed E-state index contributed by atoms with van der Waals surface area (Å²) in [7, 11) is 4.97. The van der Waals surface area contributed by atoms with Gasteiger partial charge in [0, 0.05) is 25.2 Å². The van der Waals surface area contributed by atoms with Crippen LogP contribution in [0.4, 0.5) is 10.1 Å². The van der Waals surface area contributed by atoms with Crippen LogP contribution in [0, 0.1) is 5.82 Å². The molecule has 118 valence electrons. The minimum absolute atomic E-state index is 0.240. The smallest absolute Gasteiger partial charge is 0.145 e. The molecule has 1 atom stereocenters. The number of hydrogen-bond donors (Lipinski definition) is 1. The van der Waals surface area contributed by atoms with Crippen molar-refractivity contribution in [2.24, 2.45) is 0 Å². The summed E-state index contributed by atoms with van der Waals surface area (Å²) >= 11 is 0. The molecule has 0 aromatic heterocycles. The molecule has 0 fully saturated rings. The SMILES string of the molecule is COc1ccc(N(C)CC(O)c2ccccc2F)c(OC)c1. The minimum atomic E-state index is -0.932. The Morgan fingerprint density at radius 3 is 2.50 bits per heavy atom. The van der Waals surface area contributed by atoms with Gasteiger partial charge in [-0.3, -0.25) is 0 Å². The molecule has 2 aromatic rings. The van der Waals surface area contributed by atoms with Crippen molar-refractivity contribution in [1.82, 2.24) is 0 Å². The van der Waals surface area contributed by atoms with E-state index in [9.17, 15) is 9.50 Å². The fraction of sp³-hybridized carbons (Fsp3) is 0.294. The highest BCUT2D eigenvalue weighted by atomic mass is 19.1. The van der Waals surface area contributed by atoms with Crippen LogP contribution in [-0.4, -0.2) is 32.9 Å². The second kappa shape index (κ2) is 7.13. The molecule has 22 heavy (non-hydrogen) atoms. The van der Waals surface area contributed by atoms with E-state index in [2.05, 4.69) is 0 Å². The monoisotopic (exact) mass is 305 g/mol. The Morgan fingerprint density at radius 1 is 1.14 bits per heavy atom. The van der Waals surface area contributed by atoms with Crippen molar-refractivity contribution in [3.8, 4) is 11.5 Å². The van der Waals surface area contributed by atoms with Crippen molar-refractivity contribution < 1.29 is 19.0 Å². The van der Waals surface area contributed by atoms with Gasteiger partial charge in [-0.15, -0.1) is 0 Å². The standard InChI is InChI=1S/C17H20FNO3/c1-19(11-16(20)13-6-4-5-7-14(13)18)15-9-8-12(21-2)10-17(15)22-3/h4-10,16,20H,11H2,1-3H3. The second-order valence-corrected chi connectivity index (χ2v) is 4.96. The van der Waals surface area contributed by atoms with Crippen LogP contribution < -0.4 is 14.4 Å². The van der Waals surface area contributed by atoms with Crippen molar-refractivity contribution in [2.75, 3.05) is 32.7 Å². The van der Waals surface area contributed by atoms with Gasteiger partial charge in [0.15, 0.2) is 0 Å². The molecule has 0 saturated heterocycles. The van der Waals surface area contributed by atoms with Gasteiger partial charge >= 0.3 is 0 Å². The zero-order valence-corrected chi connectivity index (χ0v) is 12.9. The van der Waals surface area contributed by atoms with Gasteiger partial charge < -0.3 is 19.5 Å². The van der Waals surface area contributed by atoms with E-state index in [1.54, 1.807) is 38.5 Å². The zero-order chi connectivity index (χ0) is 16.1. The van der Waals surface area contributed by atoms with E-state index in [0.29, 0.717) is 11.5 Å². The summed E-state index contributed by atoms with van der Waals surface area (Å²) in [5.41, 5.74) is 1.07. The third-order valence-electron chi connectivity index (χ3n) is 3.51. The number of likely N-dealkylation sites (N-methyl/N-ethyl adjacent to an activating group) is 1. The maximum atomic E-state index is 13.7. The van der Waals surface area contributed by atoms with E-state index in [4.69, 9.17) is 9.47 Å². The highest BCUT2D eigenvalue weighted by molar-refractivity contribution is 5.60. The van der Waals surface area contributed by atoms with Gasteiger partial charge in [0.2, 0.25) is 0 Å². The first-order chi connectivity index (χ1) is 10.6. The first-order valence-electron chi connectivity index (χ1n) is 6.92. The van der Waals surface area contributed by atoms with Gasteiger partial charge in [-0.25, -0.2) is 4.39 Å². The molecule has 0 heterocycles.